The van der Waals surface area contributed by atoms with Crippen LogP contribution in [0.2, 0.25) is 5.02 Å². The van der Waals surface area contributed by atoms with Crippen LogP contribution < -0.4 is 14.3 Å². The zero-order valence-electron chi connectivity index (χ0n) is 17.5. The van der Waals surface area contributed by atoms with Crippen molar-refractivity contribution in [3.63, 3.8) is 0 Å². The second-order valence-electron chi connectivity index (χ2n) is 6.75. The first-order valence-corrected chi connectivity index (χ1v) is 12.5. The van der Waals surface area contributed by atoms with Crippen LogP contribution in [0.15, 0.2) is 81.2 Å². The first-order chi connectivity index (χ1) is 15.8. The van der Waals surface area contributed by atoms with E-state index < -0.39 is 16.0 Å². The molecule has 172 valence electrons. The van der Waals surface area contributed by atoms with E-state index >= 15 is 0 Å². The third-order valence-corrected chi connectivity index (χ3v) is 6.22. The molecule has 0 fully saturated rings. The van der Waals surface area contributed by atoms with Crippen molar-refractivity contribution in [3.05, 3.63) is 87.4 Å². The van der Waals surface area contributed by atoms with Crippen molar-refractivity contribution in [1.82, 2.24) is 4.83 Å². The van der Waals surface area contributed by atoms with Crippen molar-refractivity contribution in [1.29, 1.82) is 0 Å². The maximum atomic E-state index is 12.6. The van der Waals surface area contributed by atoms with Crippen LogP contribution in [0.25, 0.3) is 0 Å². The Morgan fingerprint density at radius 2 is 1.79 bits per heavy atom. The van der Waals surface area contributed by atoms with Gasteiger partial charge in [0.1, 0.15) is 11.5 Å². The number of nitrogens with zero attached hydrogens (tertiary/aromatic N) is 1. The van der Waals surface area contributed by atoms with Gasteiger partial charge in [-0.25, -0.2) is 9.63 Å². The molecule has 33 heavy (non-hydrogen) atoms. The van der Waals surface area contributed by atoms with Gasteiger partial charge in [0.15, 0.2) is 0 Å². The first kappa shape index (κ1) is 24.8. The van der Waals surface area contributed by atoms with Crippen LogP contribution in [-0.4, -0.2) is 27.2 Å². The van der Waals surface area contributed by atoms with Crippen molar-refractivity contribution < 1.29 is 22.7 Å². The lowest BCUT2D eigenvalue weighted by molar-refractivity contribution is 0.0734. The van der Waals surface area contributed by atoms with Gasteiger partial charge in [0.2, 0.25) is 0 Å². The number of rotatable bonds is 9. The summed E-state index contributed by atoms with van der Waals surface area (Å²) < 4.78 is 36.5. The van der Waals surface area contributed by atoms with Gasteiger partial charge in [-0.3, -0.25) is 0 Å². The van der Waals surface area contributed by atoms with Gasteiger partial charge in [0, 0.05) is 15.1 Å². The molecule has 3 aromatic rings. The van der Waals surface area contributed by atoms with Crippen molar-refractivity contribution in [2.75, 3.05) is 6.61 Å². The average Bonchev–Trinajstić information content (AvgIpc) is 2.80. The fourth-order valence-corrected chi connectivity index (χ4v) is 3.91. The summed E-state index contributed by atoms with van der Waals surface area (Å²) in [5.74, 6) is 0.303. The van der Waals surface area contributed by atoms with Crippen LogP contribution >= 0.6 is 27.5 Å². The highest BCUT2D eigenvalue weighted by Gasteiger charge is 2.14. The summed E-state index contributed by atoms with van der Waals surface area (Å²) in [5, 5.41) is 4.23. The fraction of sp³-hybridized carbons (Fsp3) is 0.130. The molecule has 3 aromatic carbocycles. The van der Waals surface area contributed by atoms with Gasteiger partial charge in [0.05, 0.1) is 23.3 Å². The van der Waals surface area contributed by atoms with Crippen LogP contribution in [0.5, 0.6) is 11.5 Å². The van der Waals surface area contributed by atoms with Crippen LogP contribution in [0.1, 0.15) is 29.3 Å². The zero-order valence-corrected chi connectivity index (χ0v) is 20.7. The lowest BCUT2D eigenvalue weighted by Gasteiger charge is -2.09. The summed E-state index contributed by atoms with van der Waals surface area (Å²) in [7, 11) is -3.88. The number of carbonyl (C=O) groups excluding carboxylic acids is 1. The molecule has 0 aromatic heterocycles. The molecule has 0 spiro atoms. The number of hydrogen-bond donors (Lipinski definition) is 1. The predicted octanol–water partition coefficient (Wildman–Crippen LogP) is 5.42. The van der Waals surface area contributed by atoms with Gasteiger partial charge in [-0.05, 0) is 73.2 Å². The molecule has 0 amide bonds. The smallest absolute Gasteiger partial charge is 0.343 e. The lowest BCUT2D eigenvalue weighted by Crippen LogP contribution is -2.18. The molecule has 0 radical (unpaired) electrons. The van der Waals surface area contributed by atoms with Gasteiger partial charge in [-0.1, -0.05) is 34.5 Å². The summed E-state index contributed by atoms with van der Waals surface area (Å²) in [6.07, 6.45) is 2.13. The minimum absolute atomic E-state index is 0.0105. The minimum atomic E-state index is -3.88. The maximum absolute atomic E-state index is 12.6. The van der Waals surface area contributed by atoms with E-state index in [0.717, 1.165) is 6.42 Å². The van der Waals surface area contributed by atoms with Crippen LogP contribution in [-0.2, 0) is 10.0 Å². The number of sulfonamides is 1. The Labute approximate surface area is 205 Å². The summed E-state index contributed by atoms with van der Waals surface area (Å²) in [6, 6.07) is 17.2. The predicted molar refractivity (Wildman–Crippen MR) is 131 cm³/mol. The number of ether oxygens (including phenoxy) is 2. The molecule has 0 aliphatic rings. The van der Waals surface area contributed by atoms with E-state index in [4.69, 9.17) is 21.1 Å². The van der Waals surface area contributed by atoms with Gasteiger partial charge in [0.25, 0.3) is 10.0 Å². The molecular weight excluding hydrogens is 532 g/mol. The Morgan fingerprint density at radius 1 is 1.09 bits per heavy atom. The van der Waals surface area contributed by atoms with Gasteiger partial charge in [-0.2, -0.15) is 13.5 Å². The molecule has 0 unspecified atom stereocenters. The third kappa shape index (κ3) is 7.05. The molecule has 10 heteroatoms. The molecule has 0 bridgehead atoms. The number of esters is 1. The number of halogens is 2. The standard InChI is InChI=1S/C23H20BrClN2O5S/c1-2-13-31-20-8-3-16(4-9-20)23(28)32-22-12-5-18(24)14-17(22)15-26-27-33(29,30)21-10-6-19(25)7-11-21/h3-12,14-15,27H,2,13H2,1H3/b26-15+. The largest absolute Gasteiger partial charge is 0.494 e. The Balaban J connectivity index is 1.73. The van der Waals surface area contributed by atoms with Crippen molar-refractivity contribution >= 4 is 49.7 Å². The SMILES string of the molecule is CCCOc1ccc(C(=O)Oc2ccc(Br)cc2/C=N/NS(=O)(=O)c2ccc(Cl)cc2)cc1. The number of benzene rings is 3. The van der Waals surface area contributed by atoms with Gasteiger partial charge in [-0.15, -0.1) is 0 Å². The van der Waals surface area contributed by atoms with Crippen molar-refractivity contribution in [2.45, 2.75) is 18.2 Å². The highest BCUT2D eigenvalue weighted by molar-refractivity contribution is 9.10. The van der Waals surface area contributed by atoms with Gasteiger partial charge >= 0.3 is 5.97 Å². The number of nitrogens with one attached hydrogen (secondary N) is 1. The molecule has 0 heterocycles. The Hall–Kier alpha value is -2.88. The zero-order chi connectivity index (χ0) is 23.8. The Morgan fingerprint density at radius 3 is 2.45 bits per heavy atom. The van der Waals surface area contributed by atoms with Crippen LogP contribution in [0.3, 0.4) is 0 Å². The fourth-order valence-electron chi connectivity index (χ4n) is 2.61. The molecule has 0 saturated heterocycles. The maximum Gasteiger partial charge on any atom is 0.343 e. The number of carbonyl (C=O) groups is 1. The molecular formula is C23H20BrClN2O5S. The van der Waals surface area contributed by atoms with E-state index in [-0.39, 0.29) is 10.6 Å². The Kier molecular flexibility index (Phi) is 8.49. The Bertz CT molecular complexity index is 1250. The van der Waals surface area contributed by atoms with E-state index in [1.807, 2.05) is 6.92 Å². The highest BCUT2D eigenvalue weighted by Crippen LogP contribution is 2.23. The monoisotopic (exact) mass is 550 g/mol. The van der Waals surface area contributed by atoms with E-state index in [1.54, 1.807) is 42.5 Å². The molecule has 3 rings (SSSR count). The van der Waals surface area contributed by atoms with E-state index in [0.29, 0.717) is 33.0 Å². The second kappa shape index (κ2) is 11.3. The van der Waals surface area contributed by atoms with Crippen molar-refractivity contribution in [3.8, 4) is 11.5 Å². The lowest BCUT2D eigenvalue weighted by atomic mass is 10.2. The molecule has 0 atom stereocenters. The molecule has 1 N–H and O–H groups in total. The quantitative estimate of drug-likeness (QED) is 0.166. The molecule has 7 nitrogen and oxygen atoms in total. The first-order valence-electron chi connectivity index (χ1n) is 9.83. The number of hydrazone groups is 1. The van der Waals surface area contributed by atoms with Gasteiger partial charge < -0.3 is 9.47 Å². The average molecular weight is 552 g/mol. The van der Waals surface area contributed by atoms with Crippen molar-refractivity contribution in [2.24, 2.45) is 5.10 Å². The molecule has 0 aliphatic heterocycles. The third-order valence-electron chi connectivity index (χ3n) is 4.24. The summed E-state index contributed by atoms with van der Waals surface area (Å²) in [6.45, 7) is 2.60. The second-order valence-corrected chi connectivity index (χ2v) is 9.76. The number of hydrogen-bond acceptors (Lipinski definition) is 6. The van der Waals surface area contributed by atoms with Crippen LogP contribution in [0, 0.1) is 0 Å². The highest BCUT2D eigenvalue weighted by atomic mass is 79.9. The minimum Gasteiger partial charge on any atom is -0.494 e. The van der Waals surface area contributed by atoms with E-state index in [1.165, 1.54) is 30.5 Å². The van der Waals surface area contributed by atoms with E-state index in [2.05, 4.69) is 25.9 Å². The van der Waals surface area contributed by atoms with E-state index in [9.17, 15) is 13.2 Å². The normalized spacial score (nSPS) is 11.4. The molecule has 0 saturated carbocycles. The topological polar surface area (TPSA) is 94.1 Å². The summed E-state index contributed by atoms with van der Waals surface area (Å²) in [5.41, 5.74) is 0.729. The summed E-state index contributed by atoms with van der Waals surface area (Å²) >= 11 is 9.14. The van der Waals surface area contributed by atoms with Crippen LogP contribution in [0.4, 0.5) is 0 Å². The molecule has 0 aliphatic carbocycles. The summed E-state index contributed by atoms with van der Waals surface area (Å²) in [4.78, 5) is 14.7.